The van der Waals surface area contributed by atoms with Crippen LogP contribution in [0.1, 0.15) is 0 Å². The Bertz CT molecular complexity index is 399. The summed E-state index contributed by atoms with van der Waals surface area (Å²) < 4.78 is 0. The predicted molar refractivity (Wildman–Crippen MR) is 66.5 cm³/mol. The molecule has 10 N–H and O–H groups in total. The first-order chi connectivity index (χ1) is 9.29. The molecule has 0 saturated carbocycles. The van der Waals surface area contributed by atoms with E-state index in [1.165, 1.54) is 0 Å². The molecule has 0 fully saturated rings. The van der Waals surface area contributed by atoms with Crippen molar-refractivity contribution in [1.29, 1.82) is 0 Å². The molecule has 12 nitrogen and oxygen atoms in total. The minimum absolute atomic E-state index is 0.461. The molecule has 0 aromatic rings. The number of amides is 4. The fourth-order valence-corrected chi connectivity index (χ4v) is 0.946. The van der Waals surface area contributed by atoms with Crippen LogP contribution in [0.2, 0.25) is 0 Å². The van der Waals surface area contributed by atoms with Gasteiger partial charge in [-0.15, -0.1) is 0 Å². The van der Waals surface area contributed by atoms with Crippen molar-refractivity contribution in [3.8, 4) is 0 Å². The number of rotatable bonds is 7. The molecule has 0 heterocycles. The van der Waals surface area contributed by atoms with E-state index in [0.717, 1.165) is 6.21 Å². The third kappa shape index (κ3) is 6.60. The summed E-state index contributed by atoms with van der Waals surface area (Å²) in [7, 11) is 0. The topological polar surface area (TPSA) is 216 Å². The quantitative estimate of drug-likeness (QED) is 0.171. The summed E-state index contributed by atoms with van der Waals surface area (Å²) in [4.78, 5) is 20.9. The molecule has 0 aliphatic rings. The summed E-state index contributed by atoms with van der Waals surface area (Å²) in [5.74, 6) is 0. The Labute approximate surface area is 112 Å². The highest BCUT2D eigenvalue weighted by atomic mass is 16.4. The lowest BCUT2D eigenvalue weighted by molar-refractivity contribution is -0.0549. The van der Waals surface area contributed by atoms with Gasteiger partial charge in [-0.25, -0.2) is 20.4 Å². The zero-order valence-electron chi connectivity index (χ0n) is 10.2. The highest BCUT2D eigenvalue weighted by Gasteiger charge is 2.28. The largest absolute Gasteiger partial charge is 0.394 e. The van der Waals surface area contributed by atoms with Crippen molar-refractivity contribution in [2.45, 2.75) is 18.3 Å². The fraction of sp³-hybridized carbons (Fsp3) is 0.500. The highest BCUT2D eigenvalue weighted by molar-refractivity contribution is 6.32. The number of nitrogens with zero attached hydrogens (tertiary/aromatic N) is 2. The minimum Gasteiger partial charge on any atom is -0.394 e. The average Bonchev–Trinajstić information content (AvgIpc) is 2.39. The number of nitrogens with two attached hydrogens (primary N) is 2. The molecule has 114 valence electrons. The number of hydrazone groups is 2. The summed E-state index contributed by atoms with van der Waals surface area (Å²) >= 11 is 0. The first-order valence-corrected chi connectivity index (χ1v) is 5.16. The van der Waals surface area contributed by atoms with E-state index in [0.29, 0.717) is 0 Å². The van der Waals surface area contributed by atoms with Gasteiger partial charge in [0.15, 0.2) is 0 Å². The first kappa shape index (κ1) is 17.7. The van der Waals surface area contributed by atoms with E-state index in [9.17, 15) is 24.9 Å². The number of urea groups is 2. The molecule has 3 atom stereocenters. The van der Waals surface area contributed by atoms with Crippen molar-refractivity contribution in [3.63, 3.8) is 0 Å². The molecule has 0 unspecified atom stereocenters. The van der Waals surface area contributed by atoms with Crippen LogP contribution < -0.4 is 22.3 Å². The van der Waals surface area contributed by atoms with Crippen LogP contribution in [0, 0.1) is 0 Å². The van der Waals surface area contributed by atoms with E-state index in [2.05, 4.69) is 10.2 Å². The fourth-order valence-electron chi connectivity index (χ4n) is 0.946. The second-order valence-corrected chi connectivity index (χ2v) is 3.43. The Morgan fingerprint density at radius 2 is 1.70 bits per heavy atom. The molecule has 0 saturated heterocycles. The predicted octanol–water partition coefficient (Wildman–Crippen LogP) is -4.26. The van der Waals surface area contributed by atoms with Gasteiger partial charge < -0.3 is 31.9 Å². The maximum atomic E-state index is 10.5. The molecule has 0 aromatic heterocycles. The molecular weight excluding hydrogens is 276 g/mol. The van der Waals surface area contributed by atoms with Crippen molar-refractivity contribution in [2.24, 2.45) is 21.7 Å². The summed E-state index contributed by atoms with van der Waals surface area (Å²) in [5, 5.41) is 43.5. The summed E-state index contributed by atoms with van der Waals surface area (Å²) in [6.45, 7) is -0.828. The zero-order valence-corrected chi connectivity index (χ0v) is 10.2. The number of carbonyl (C=O) groups excluding carboxylic acids is 2. The number of carbonyl (C=O) groups is 2. The van der Waals surface area contributed by atoms with E-state index in [-0.39, 0.29) is 0 Å². The van der Waals surface area contributed by atoms with Crippen LogP contribution in [-0.2, 0) is 0 Å². The number of aliphatic hydroxyl groups excluding tert-OH is 4. The lowest BCUT2D eigenvalue weighted by Gasteiger charge is -2.21. The monoisotopic (exact) mass is 292 g/mol. The minimum atomic E-state index is -1.83. The molecular formula is C8H16N6O6. The Balaban J connectivity index is 5.00. The van der Waals surface area contributed by atoms with Gasteiger partial charge in [0.05, 0.1) is 12.8 Å². The number of hydrogen-bond acceptors (Lipinski definition) is 8. The molecule has 20 heavy (non-hydrogen) atoms. The molecule has 0 radical (unpaired) electrons. The smallest absolute Gasteiger partial charge is 0.332 e. The number of hydrogen-bond donors (Lipinski definition) is 8. The second kappa shape index (κ2) is 8.76. The van der Waals surface area contributed by atoms with Crippen molar-refractivity contribution in [1.82, 2.24) is 10.9 Å². The van der Waals surface area contributed by atoms with Gasteiger partial charge in [-0.3, -0.25) is 0 Å². The van der Waals surface area contributed by atoms with Gasteiger partial charge in [0.25, 0.3) is 0 Å². The van der Waals surface area contributed by atoms with E-state index >= 15 is 0 Å². The Kier molecular flexibility index (Phi) is 7.76. The Morgan fingerprint density at radius 3 is 2.15 bits per heavy atom. The lowest BCUT2D eigenvalue weighted by atomic mass is 10.0. The van der Waals surface area contributed by atoms with Crippen molar-refractivity contribution < 1.29 is 30.0 Å². The third-order valence-corrected chi connectivity index (χ3v) is 1.87. The van der Waals surface area contributed by atoms with Gasteiger partial charge in [0.2, 0.25) is 0 Å². The van der Waals surface area contributed by atoms with E-state index < -0.39 is 42.7 Å². The van der Waals surface area contributed by atoms with Crippen LogP contribution in [0.15, 0.2) is 10.2 Å². The molecule has 0 aromatic carbocycles. The van der Waals surface area contributed by atoms with Crippen LogP contribution in [-0.4, -0.2) is 69.3 Å². The van der Waals surface area contributed by atoms with Crippen LogP contribution in [0.4, 0.5) is 9.59 Å². The lowest BCUT2D eigenvalue weighted by Crippen LogP contribution is -2.45. The maximum Gasteiger partial charge on any atom is 0.332 e. The molecule has 0 aliphatic carbocycles. The normalized spacial score (nSPS) is 16.5. The standard InChI is InChI=1S/C8H16N6O6/c9-7(19)13-11-1-3(12-14-8(10)20)5(17)6(18)4(16)2-15/h1,4-6,15-18H,2H2,(H3,9,13,19)(H3,10,14,20)/t4-,5-,6-/m0/s1. The van der Waals surface area contributed by atoms with E-state index in [1.54, 1.807) is 10.9 Å². The van der Waals surface area contributed by atoms with Crippen molar-refractivity contribution in [3.05, 3.63) is 0 Å². The molecule has 0 bridgehead atoms. The van der Waals surface area contributed by atoms with E-state index in [4.69, 9.17) is 16.6 Å². The van der Waals surface area contributed by atoms with Crippen LogP contribution in [0.25, 0.3) is 0 Å². The van der Waals surface area contributed by atoms with Crippen molar-refractivity contribution >= 4 is 24.0 Å². The molecule has 0 rings (SSSR count). The molecule has 12 heteroatoms. The molecule has 0 spiro atoms. The van der Waals surface area contributed by atoms with Gasteiger partial charge in [-0.05, 0) is 0 Å². The zero-order chi connectivity index (χ0) is 15.7. The van der Waals surface area contributed by atoms with Crippen LogP contribution in [0.3, 0.4) is 0 Å². The molecule has 4 amide bonds. The molecule has 0 aliphatic heterocycles. The number of primary amides is 2. The Hall–Kier alpha value is -2.28. The Morgan fingerprint density at radius 1 is 1.15 bits per heavy atom. The maximum absolute atomic E-state index is 10.5. The number of nitrogens with one attached hydrogen (secondary N) is 2. The average molecular weight is 292 g/mol. The van der Waals surface area contributed by atoms with Gasteiger partial charge in [0, 0.05) is 0 Å². The van der Waals surface area contributed by atoms with Gasteiger partial charge in [-0.2, -0.15) is 10.2 Å². The van der Waals surface area contributed by atoms with Crippen LogP contribution in [0.5, 0.6) is 0 Å². The summed E-state index contributed by atoms with van der Waals surface area (Å²) in [5.41, 5.74) is 12.6. The van der Waals surface area contributed by atoms with Gasteiger partial charge in [-0.1, -0.05) is 0 Å². The summed E-state index contributed by atoms with van der Waals surface area (Å²) in [6, 6.07) is -2.07. The first-order valence-electron chi connectivity index (χ1n) is 5.16. The van der Waals surface area contributed by atoms with Gasteiger partial charge >= 0.3 is 12.1 Å². The van der Waals surface area contributed by atoms with Gasteiger partial charge in [0.1, 0.15) is 24.0 Å². The SMILES string of the molecule is NC(=O)NN=CC(=NNC(N)=O)[C@H](O)[C@@H](O)[C@@H](O)CO. The van der Waals surface area contributed by atoms with E-state index in [1.807, 2.05) is 0 Å². The third-order valence-electron chi connectivity index (χ3n) is 1.87. The summed E-state index contributed by atoms with van der Waals surface area (Å²) in [6.07, 6.45) is -4.57. The second-order valence-electron chi connectivity index (χ2n) is 3.43. The van der Waals surface area contributed by atoms with Crippen molar-refractivity contribution in [2.75, 3.05) is 6.61 Å². The van der Waals surface area contributed by atoms with Crippen LogP contribution >= 0.6 is 0 Å². The highest BCUT2D eigenvalue weighted by Crippen LogP contribution is 2.01. The number of aliphatic hydroxyl groups is 4.